The quantitative estimate of drug-likeness (QED) is 0.714. The molecule has 1 aromatic carbocycles. The van der Waals surface area contributed by atoms with Gasteiger partial charge in [-0.2, -0.15) is 0 Å². The lowest BCUT2D eigenvalue weighted by atomic mass is 9.86. The molecular weight excluding hydrogens is 316 g/mol. The maximum Gasteiger partial charge on any atom is 0.411 e. The van der Waals surface area contributed by atoms with Crippen LogP contribution < -0.4 is 10.1 Å². The normalized spacial score (nSPS) is 24.8. The Labute approximate surface area is 150 Å². The average molecular weight is 346 g/mol. The van der Waals surface area contributed by atoms with Crippen molar-refractivity contribution in [3.63, 3.8) is 0 Å². The molecule has 4 rings (SSSR count). The molecule has 0 radical (unpaired) electrons. The van der Waals surface area contributed by atoms with E-state index >= 15 is 0 Å². The number of benzene rings is 1. The Morgan fingerprint density at radius 3 is 2.80 bits per heavy atom. The molecule has 5 heteroatoms. The van der Waals surface area contributed by atoms with Crippen LogP contribution in [0.4, 0.5) is 10.5 Å². The zero-order chi connectivity index (χ0) is 17.5. The van der Waals surface area contributed by atoms with Crippen LogP contribution in [0.25, 0.3) is 0 Å². The monoisotopic (exact) mass is 346 g/mol. The molecule has 5 nitrogen and oxygen atoms in total. The standard InChI is InChI=1S/C20H30N2O3/c1-2-3-4-5-13-24-18-8-6-7-17(14-18)21-20(23)25-19-15-22-11-9-16(19)10-12-22/h6-8,14,16,19H,2-5,9-13,15H2,1H3,(H,21,23). The smallest absolute Gasteiger partial charge is 0.411 e. The molecule has 3 fully saturated rings. The van der Waals surface area contributed by atoms with E-state index in [-0.39, 0.29) is 12.2 Å². The van der Waals surface area contributed by atoms with E-state index in [2.05, 4.69) is 17.1 Å². The summed E-state index contributed by atoms with van der Waals surface area (Å²) in [5.41, 5.74) is 0.720. The predicted octanol–water partition coefficient (Wildman–Crippen LogP) is 4.29. The minimum Gasteiger partial charge on any atom is -0.494 e. The predicted molar refractivity (Wildman–Crippen MR) is 99.1 cm³/mol. The summed E-state index contributed by atoms with van der Waals surface area (Å²) in [5.74, 6) is 1.31. The van der Waals surface area contributed by atoms with Gasteiger partial charge < -0.3 is 9.47 Å². The molecule has 3 aliphatic rings. The van der Waals surface area contributed by atoms with Crippen molar-refractivity contribution in [1.82, 2.24) is 4.90 Å². The lowest BCUT2D eigenvalue weighted by Crippen LogP contribution is -2.52. The zero-order valence-corrected chi connectivity index (χ0v) is 15.2. The molecule has 0 aromatic heterocycles. The first-order chi connectivity index (χ1) is 12.2. The van der Waals surface area contributed by atoms with Crippen molar-refractivity contribution in [3.8, 4) is 5.75 Å². The minimum absolute atomic E-state index is 0.0282. The number of unbranched alkanes of at least 4 members (excludes halogenated alkanes) is 3. The number of anilines is 1. The van der Waals surface area contributed by atoms with E-state index in [4.69, 9.17) is 9.47 Å². The summed E-state index contributed by atoms with van der Waals surface area (Å²) in [6, 6.07) is 7.54. The van der Waals surface area contributed by atoms with Gasteiger partial charge in [-0.25, -0.2) is 4.79 Å². The van der Waals surface area contributed by atoms with Crippen LogP contribution >= 0.6 is 0 Å². The highest BCUT2D eigenvalue weighted by Gasteiger charge is 2.36. The number of piperidine rings is 3. The highest BCUT2D eigenvalue weighted by atomic mass is 16.6. The van der Waals surface area contributed by atoms with Crippen LogP contribution in [0.5, 0.6) is 5.75 Å². The fourth-order valence-electron chi connectivity index (χ4n) is 3.71. The van der Waals surface area contributed by atoms with Gasteiger partial charge in [0.15, 0.2) is 0 Å². The lowest BCUT2D eigenvalue weighted by molar-refractivity contribution is -0.0289. The number of hydrogen-bond donors (Lipinski definition) is 1. The van der Waals surface area contributed by atoms with Crippen LogP contribution in [-0.2, 0) is 4.74 Å². The van der Waals surface area contributed by atoms with Crippen molar-refractivity contribution < 1.29 is 14.3 Å². The molecule has 0 spiro atoms. The van der Waals surface area contributed by atoms with Crippen LogP contribution in [0.2, 0.25) is 0 Å². The summed E-state index contributed by atoms with van der Waals surface area (Å²) in [6.07, 6.45) is 6.67. The maximum atomic E-state index is 12.2. The zero-order valence-electron chi connectivity index (χ0n) is 15.2. The van der Waals surface area contributed by atoms with Gasteiger partial charge in [-0.05, 0) is 50.4 Å². The Balaban J connectivity index is 1.44. The summed E-state index contributed by atoms with van der Waals surface area (Å²) >= 11 is 0. The number of nitrogens with zero attached hydrogens (tertiary/aromatic N) is 1. The van der Waals surface area contributed by atoms with E-state index in [0.29, 0.717) is 12.5 Å². The van der Waals surface area contributed by atoms with Crippen molar-refractivity contribution in [3.05, 3.63) is 24.3 Å². The van der Waals surface area contributed by atoms with Crippen molar-refractivity contribution >= 4 is 11.8 Å². The Morgan fingerprint density at radius 2 is 2.08 bits per heavy atom. The second-order valence-electron chi connectivity index (χ2n) is 7.14. The summed E-state index contributed by atoms with van der Waals surface area (Å²) in [7, 11) is 0. The van der Waals surface area contributed by atoms with E-state index in [1.54, 1.807) is 0 Å². The summed E-state index contributed by atoms with van der Waals surface area (Å²) in [5, 5.41) is 2.84. The third kappa shape index (κ3) is 5.36. The van der Waals surface area contributed by atoms with Gasteiger partial charge in [0.1, 0.15) is 11.9 Å². The SMILES string of the molecule is CCCCCCOc1cccc(NC(=O)OC2CN3CCC2CC3)c1. The first-order valence-corrected chi connectivity index (χ1v) is 9.67. The van der Waals surface area contributed by atoms with Gasteiger partial charge in [0, 0.05) is 18.3 Å². The van der Waals surface area contributed by atoms with Gasteiger partial charge in [-0.15, -0.1) is 0 Å². The van der Waals surface area contributed by atoms with Gasteiger partial charge in [0.2, 0.25) is 0 Å². The number of nitrogens with one attached hydrogen (secondary N) is 1. The third-order valence-electron chi connectivity index (χ3n) is 5.20. The summed E-state index contributed by atoms with van der Waals surface area (Å²) < 4.78 is 11.4. The number of ether oxygens (including phenoxy) is 2. The molecule has 1 N–H and O–H groups in total. The topological polar surface area (TPSA) is 50.8 Å². The van der Waals surface area contributed by atoms with E-state index in [0.717, 1.165) is 50.3 Å². The van der Waals surface area contributed by atoms with Gasteiger partial charge in [-0.3, -0.25) is 10.2 Å². The lowest BCUT2D eigenvalue weighted by Gasteiger charge is -2.43. The molecule has 3 aliphatic heterocycles. The number of carbonyl (C=O) groups excluding carboxylic acids is 1. The first-order valence-electron chi connectivity index (χ1n) is 9.67. The molecule has 1 atom stereocenters. The molecule has 0 aliphatic carbocycles. The van der Waals surface area contributed by atoms with Gasteiger partial charge >= 0.3 is 6.09 Å². The number of amides is 1. The van der Waals surface area contributed by atoms with Gasteiger partial charge in [0.25, 0.3) is 0 Å². The van der Waals surface area contributed by atoms with Crippen LogP contribution in [0.1, 0.15) is 45.4 Å². The van der Waals surface area contributed by atoms with Crippen molar-refractivity contribution in [1.29, 1.82) is 0 Å². The second kappa shape index (κ2) is 9.09. The Kier molecular flexibility index (Phi) is 6.56. The maximum absolute atomic E-state index is 12.2. The van der Waals surface area contributed by atoms with Crippen LogP contribution in [-0.4, -0.2) is 43.3 Å². The van der Waals surface area contributed by atoms with E-state index in [1.165, 1.54) is 19.3 Å². The Morgan fingerprint density at radius 1 is 1.24 bits per heavy atom. The van der Waals surface area contributed by atoms with Crippen LogP contribution in [0.3, 0.4) is 0 Å². The van der Waals surface area contributed by atoms with Gasteiger partial charge in [-0.1, -0.05) is 32.3 Å². The number of rotatable bonds is 8. The molecule has 3 saturated heterocycles. The average Bonchev–Trinajstić information content (AvgIpc) is 2.63. The third-order valence-corrected chi connectivity index (χ3v) is 5.20. The van der Waals surface area contributed by atoms with E-state index < -0.39 is 0 Å². The highest BCUT2D eigenvalue weighted by Crippen LogP contribution is 2.29. The fourth-order valence-corrected chi connectivity index (χ4v) is 3.71. The molecule has 25 heavy (non-hydrogen) atoms. The van der Waals surface area contributed by atoms with Crippen LogP contribution in [0.15, 0.2) is 24.3 Å². The van der Waals surface area contributed by atoms with Gasteiger partial charge in [0.05, 0.1) is 6.61 Å². The van der Waals surface area contributed by atoms with E-state index in [1.807, 2.05) is 24.3 Å². The van der Waals surface area contributed by atoms with E-state index in [9.17, 15) is 4.79 Å². The molecule has 1 aromatic rings. The van der Waals surface area contributed by atoms with Crippen molar-refractivity contribution in [2.24, 2.45) is 5.92 Å². The Bertz CT molecular complexity index is 556. The molecule has 2 bridgehead atoms. The summed E-state index contributed by atoms with van der Waals surface area (Å²) in [4.78, 5) is 14.6. The second-order valence-corrected chi connectivity index (χ2v) is 7.14. The van der Waals surface area contributed by atoms with Crippen molar-refractivity contribution in [2.45, 2.75) is 51.6 Å². The minimum atomic E-state index is -0.362. The number of carbonyl (C=O) groups is 1. The molecule has 138 valence electrons. The first kappa shape index (κ1) is 18.1. The number of hydrogen-bond acceptors (Lipinski definition) is 4. The molecule has 1 amide bonds. The highest BCUT2D eigenvalue weighted by molar-refractivity contribution is 5.85. The number of fused-ring (bicyclic) bond motifs is 3. The molecule has 0 saturated carbocycles. The molecular formula is C20H30N2O3. The molecule has 1 unspecified atom stereocenters. The summed E-state index contributed by atoms with van der Waals surface area (Å²) in [6.45, 7) is 6.07. The van der Waals surface area contributed by atoms with Crippen LogP contribution in [0, 0.1) is 5.92 Å². The Hall–Kier alpha value is -1.75. The largest absolute Gasteiger partial charge is 0.494 e. The molecule has 3 heterocycles. The fraction of sp³-hybridized carbons (Fsp3) is 0.650. The van der Waals surface area contributed by atoms with Crippen molar-refractivity contribution in [2.75, 3.05) is 31.6 Å².